The average Bonchev–Trinajstić information content (AvgIpc) is 2.29. The fourth-order valence-corrected chi connectivity index (χ4v) is 1.51. The van der Waals surface area contributed by atoms with Crippen LogP contribution in [-0.2, 0) is 4.79 Å². The normalized spacial score (nSPS) is 10.3. The molecule has 3 heteroatoms. The number of Topliss-reactive ketones (excluding diaryl/α,β-unsaturated/α-hetero) is 1. The number of carbonyl (C=O) groups excluding carboxylic acids is 1. The van der Waals surface area contributed by atoms with Crippen molar-refractivity contribution < 1.29 is 9.53 Å². The fourth-order valence-electron chi connectivity index (χ4n) is 1.51. The first-order valence-corrected chi connectivity index (χ1v) is 5.23. The van der Waals surface area contributed by atoms with E-state index >= 15 is 0 Å². The molecule has 82 valence electrons. The highest BCUT2D eigenvalue weighted by atomic mass is 16.5. The first-order valence-electron chi connectivity index (χ1n) is 5.23. The molecule has 0 aliphatic heterocycles. The van der Waals surface area contributed by atoms with Crippen molar-refractivity contribution in [3.8, 4) is 5.75 Å². The minimum absolute atomic E-state index is 0.137. The zero-order valence-electron chi connectivity index (χ0n) is 9.14. The molecule has 0 unspecified atom stereocenters. The van der Waals surface area contributed by atoms with Gasteiger partial charge in [-0.15, -0.1) is 0 Å². The number of ketones is 1. The zero-order valence-corrected chi connectivity index (χ0v) is 9.14. The van der Waals surface area contributed by atoms with Gasteiger partial charge in [0.05, 0.1) is 12.1 Å². The standard InChI is InChI=1S/C13H13NO2/c1-10(15)7-9-16-13-6-2-5-12-11(13)4-3-8-14-12/h2-6,8H,7,9H2,1H3. The van der Waals surface area contributed by atoms with Gasteiger partial charge in [-0.1, -0.05) is 6.07 Å². The number of benzene rings is 1. The second-order valence-electron chi connectivity index (χ2n) is 3.63. The zero-order chi connectivity index (χ0) is 11.4. The summed E-state index contributed by atoms with van der Waals surface area (Å²) in [4.78, 5) is 15.0. The summed E-state index contributed by atoms with van der Waals surface area (Å²) < 4.78 is 5.57. The summed E-state index contributed by atoms with van der Waals surface area (Å²) in [6.45, 7) is 1.98. The Morgan fingerprint density at radius 2 is 2.19 bits per heavy atom. The monoisotopic (exact) mass is 215 g/mol. The molecule has 16 heavy (non-hydrogen) atoms. The molecule has 1 heterocycles. The van der Waals surface area contributed by atoms with E-state index in [0.29, 0.717) is 13.0 Å². The molecule has 0 atom stereocenters. The number of hydrogen-bond donors (Lipinski definition) is 0. The Kier molecular flexibility index (Phi) is 3.15. The maximum Gasteiger partial charge on any atom is 0.133 e. The van der Waals surface area contributed by atoms with Gasteiger partial charge in [0.15, 0.2) is 0 Å². The number of pyridine rings is 1. The minimum Gasteiger partial charge on any atom is -0.492 e. The van der Waals surface area contributed by atoms with Crippen LogP contribution in [0.1, 0.15) is 13.3 Å². The van der Waals surface area contributed by atoms with Crippen LogP contribution in [0.2, 0.25) is 0 Å². The minimum atomic E-state index is 0.137. The van der Waals surface area contributed by atoms with Crippen LogP contribution in [-0.4, -0.2) is 17.4 Å². The lowest BCUT2D eigenvalue weighted by Gasteiger charge is -2.07. The third-order valence-electron chi connectivity index (χ3n) is 2.32. The number of aromatic nitrogens is 1. The molecule has 1 aromatic heterocycles. The molecule has 0 spiro atoms. The second kappa shape index (κ2) is 4.75. The number of rotatable bonds is 4. The molecule has 0 radical (unpaired) electrons. The van der Waals surface area contributed by atoms with Crippen LogP contribution in [0.3, 0.4) is 0 Å². The average molecular weight is 215 g/mol. The number of carbonyl (C=O) groups is 1. The van der Waals surface area contributed by atoms with Crippen molar-refractivity contribution >= 4 is 16.7 Å². The molecular formula is C13H13NO2. The van der Waals surface area contributed by atoms with Crippen molar-refractivity contribution in [1.82, 2.24) is 4.98 Å². The van der Waals surface area contributed by atoms with Crippen molar-refractivity contribution in [3.05, 3.63) is 36.5 Å². The summed E-state index contributed by atoms with van der Waals surface area (Å²) in [6, 6.07) is 9.57. The van der Waals surface area contributed by atoms with E-state index in [9.17, 15) is 4.79 Å². The molecule has 2 aromatic rings. The lowest BCUT2D eigenvalue weighted by molar-refractivity contribution is -0.117. The molecule has 0 aliphatic rings. The summed E-state index contributed by atoms with van der Waals surface area (Å²) in [7, 11) is 0. The quantitative estimate of drug-likeness (QED) is 0.786. The van der Waals surface area contributed by atoms with Gasteiger partial charge in [-0.2, -0.15) is 0 Å². The Hall–Kier alpha value is -1.90. The van der Waals surface area contributed by atoms with Gasteiger partial charge >= 0.3 is 0 Å². The summed E-state index contributed by atoms with van der Waals surface area (Å²) in [6.07, 6.45) is 2.19. The summed E-state index contributed by atoms with van der Waals surface area (Å²) >= 11 is 0. The Morgan fingerprint density at radius 3 is 3.00 bits per heavy atom. The van der Waals surface area contributed by atoms with E-state index in [1.54, 1.807) is 13.1 Å². The van der Waals surface area contributed by atoms with E-state index in [1.807, 2.05) is 30.3 Å². The van der Waals surface area contributed by atoms with Crippen LogP contribution < -0.4 is 4.74 Å². The molecule has 3 nitrogen and oxygen atoms in total. The van der Waals surface area contributed by atoms with Crippen LogP contribution in [0.5, 0.6) is 5.75 Å². The third-order valence-corrected chi connectivity index (χ3v) is 2.32. The lowest BCUT2D eigenvalue weighted by atomic mass is 10.2. The maximum atomic E-state index is 10.8. The smallest absolute Gasteiger partial charge is 0.133 e. The van der Waals surface area contributed by atoms with Gasteiger partial charge < -0.3 is 4.74 Å². The predicted octanol–water partition coefficient (Wildman–Crippen LogP) is 2.59. The first kappa shape index (κ1) is 10.6. The van der Waals surface area contributed by atoms with E-state index in [1.165, 1.54) is 0 Å². The molecular weight excluding hydrogens is 202 g/mol. The predicted molar refractivity (Wildman–Crippen MR) is 62.5 cm³/mol. The number of hydrogen-bond acceptors (Lipinski definition) is 3. The van der Waals surface area contributed by atoms with Crippen molar-refractivity contribution in [2.24, 2.45) is 0 Å². The van der Waals surface area contributed by atoms with Crippen molar-refractivity contribution in [3.63, 3.8) is 0 Å². The van der Waals surface area contributed by atoms with Gasteiger partial charge in [0.25, 0.3) is 0 Å². The van der Waals surface area contributed by atoms with Gasteiger partial charge in [0.1, 0.15) is 11.5 Å². The van der Waals surface area contributed by atoms with Crippen LogP contribution >= 0.6 is 0 Å². The molecule has 2 rings (SSSR count). The first-order chi connectivity index (χ1) is 7.77. The van der Waals surface area contributed by atoms with Gasteiger partial charge in [0.2, 0.25) is 0 Å². The SMILES string of the molecule is CC(=O)CCOc1cccc2ncccc12. The maximum absolute atomic E-state index is 10.8. The third kappa shape index (κ3) is 2.37. The van der Waals surface area contributed by atoms with E-state index in [-0.39, 0.29) is 5.78 Å². The Labute approximate surface area is 94.1 Å². The van der Waals surface area contributed by atoms with Crippen LogP contribution in [0.4, 0.5) is 0 Å². The van der Waals surface area contributed by atoms with E-state index in [0.717, 1.165) is 16.7 Å². The van der Waals surface area contributed by atoms with Crippen molar-refractivity contribution in [2.45, 2.75) is 13.3 Å². The largest absolute Gasteiger partial charge is 0.492 e. The van der Waals surface area contributed by atoms with E-state index in [2.05, 4.69) is 4.98 Å². The van der Waals surface area contributed by atoms with Crippen LogP contribution in [0.25, 0.3) is 10.9 Å². The highest BCUT2D eigenvalue weighted by Crippen LogP contribution is 2.23. The number of ether oxygens (including phenoxy) is 1. The van der Waals surface area contributed by atoms with Crippen LogP contribution in [0, 0.1) is 0 Å². The number of nitrogens with zero attached hydrogens (tertiary/aromatic N) is 1. The Balaban J connectivity index is 2.20. The van der Waals surface area contributed by atoms with Gasteiger partial charge in [-0.05, 0) is 31.2 Å². The molecule has 0 aliphatic carbocycles. The fraction of sp³-hybridized carbons (Fsp3) is 0.231. The molecule has 0 N–H and O–H groups in total. The topological polar surface area (TPSA) is 39.2 Å². The van der Waals surface area contributed by atoms with Crippen LogP contribution in [0.15, 0.2) is 36.5 Å². The second-order valence-corrected chi connectivity index (χ2v) is 3.63. The van der Waals surface area contributed by atoms with Crippen molar-refractivity contribution in [2.75, 3.05) is 6.61 Å². The summed E-state index contributed by atoms with van der Waals surface area (Å²) in [5, 5.41) is 0.980. The highest BCUT2D eigenvalue weighted by Gasteiger charge is 2.02. The molecule has 0 saturated heterocycles. The van der Waals surface area contributed by atoms with E-state index < -0.39 is 0 Å². The van der Waals surface area contributed by atoms with E-state index in [4.69, 9.17) is 4.74 Å². The highest BCUT2D eigenvalue weighted by molar-refractivity contribution is 5.84. The van der Waals surface area contributed by atoms with Gasteiger partial charge in [-0.25, -0.2) is 0 Å². The lowest BCUT2D eigenvalue weighted by Crippen LogP contribution is -2.02. The number of fused-ring (bicyclic) bond motifs is 1. The molecule has 0 saturated carbocycles. The molecule has 1 aromatic carbocycles. The van der Waals surface area contributed by atoms with Gasteiger partial charge in [-0.3, -0.25) is 9.78 Å². The Bertz CT molecular complexity index is 503. The molecule has 0 bridgehead atoms. The molecule has 0 fully saturated rings. The summed E-state index contributed by atoms with van der Waals surface area (Å²) in [5.74, 6) is 0.921. The molecule has 0 amide bonds. The van der Waals surface area contributed by atoms with Gasteiger partial charge in [0, 0.05) is 18.0 Å². The summed E-state index contributed by atoms with van der Waals surface area (Å²) in [5.41, 5.74) is 0.905. The Morgan fingerprint density at radius 1 is 1.31 bits per heavy atom. The van der Waals surface area contributed by atoms with Crippen molar-refractivity contribution in [1.29, 1.82) is 0 Å².